The zero-order valence-corrected chi connectivity index (χ0v) is 18.9. The molecule has 0 bridgehead atoms. The van der Waals surface area contributed by atoms with Crippen molar-refractivity contribution < 1.29 is 14.0 Å². The first-order valence-corrected chi connectivity index (χ1v) is 12.0. The predicted octanol–water partition coefficient (Wildman–Crippen LogP) is 2.75. The fourth-order valence-electron chi connectivity index (χ4n) is 5.26. The SMILES string of the molecule is N#Cc1c(N2CCN(C(=O)C(=O)N3CCCCC3)CC2)nc(-c2ccco2)c2c1CCCC2. The van der Waals surface area contributed by atoms with Gasteiger partial charge in [0, 0.05) is 39.3 Å². The van der Waals surface area contributed by atoms with Gasteiger partial charge in [0.25, 0.3) is 0 Å². The summed E-state index contributed by atoms with van der Waals surface area (Å²) >= 11 is 0. The molecule has 2 aromatic heterocycles. The molecule has 4 heterocycles. The van der Waals surface area contributed by atoms with Crippen LogP contribution in [0.3, 0.4) is 0 Å². The highest BCUT2D eigenvalue weighted by Gasteiger charge is 2.32. The van der Waals surface area contributed by atoms with Crippen LogP contribution in [0.2, 0.25) is 0 Å². The molecule has 2 aliphatic heterocycles. The molecule has 2 fully saturated rings. The summed E-state index contributed by atoms with van der Waals surface area (Å²) in [6.45, 7) is 3.31. The third-order valence-electron chi connectivity index (χ3n) is 7.06. The maximum absolute atomic E-state index is 12.8. The number of piperidine rings is 1. The molecule has 0 atom stereocenters. The first kappa shape index (κ1) is 21.5. The van der Waals surface area contributed by atoms with E-state index in [1.807, 2.05) is 12.1 Å². The Morgan fingerprint density at radius 2 is 1.55 bits per heavy atom. The highest BCUT2D eigenvalue weighted by Crippen LogP contribution is 2.37. The molecule has 8 nitrogen and oxygen atoms in total. The van der Waals surface area contributed by atoms with Crippen molar-refractivity contribution in [2.24, 2.45) is 0 Å². The summed E-state index contributed by atoms with van der Waals surface area (Å²) in [6.07, 6.45) is 8.59. The van der Waals surface area contributed by atoms with E-state index in [2.05, 4.69) is 11.0 Å². The Kier molecular flexibility index (Phi) is 6.03. The van der Waals surface area contributed by atoms with Crippen molar-refractivity contribution in [2.45, 2.75) is 44.9 Å². The molecule has 33 heavy (non-hydrogen) atoms. The van der Waals surface area contributed by atoms with Gasteiger partial charge >= 0.3 is 11.8 Å². The minimum atomic E-state index is -0.410. The van der Waals surface area contributed by atoms with Gasteiger partial charge in [-0.1, -0.05) is 0 Å². The normalized spacial score (nSPS) is 18.6. The minimum Gasteiger partial charge on any atom is -0.463 e. The number of pyridine rings is 1. The lowest BCUT2D eigenvalue weighted by Gasteiger charge is -2.37. The third-order valence-corrected chi connectivity index (χ3v) is 7.06. The summed E-state index contributed by atoms with van der Waals surface area (Å²) in [5.41, 5.74) is 3.67. The number of fused-ring (bicyclic) bond motifs is 1. The van der Waals surface area contributed by atoms with Crippen LogP contribution in [0.1, 0.15) is 48.8 Å². The van der Waals surface area contributed by atoms with E-state index in [9.17, 15) is 14.9 Å². The van der Waals surface area contributed by atoms with E-state index in [1.165, 1.54) is 0 Å². The van der Waals surface area contributed by atoms with Crippen molar-refractivity contribution >= 4 is 17.6 Å². The second-order valence-electron chi connectivity index (χ2n) is 9.04. The molecule has 3 aliphatic rings. The molecule has 0 saturated carbocycles. The lowest BCUT2D eigenvalue weighted by atomic mass is 9.87. The summed E-state index contributed by atoms with van der Waals surface area (Å²) in [7, 11) is 0. The summed E-state index contributed by atoms with van der Waals surface area (Å²) in [5.74, 6) is 0.596. The molecule has 8 heteroatoms. The Hall–Kier alpha value is -3.34. The van der Waals surface area contributed by atoms with Crippen LogP contribution in [0, 0.1) is 11.3 Å². The molecular formula is C25H29N5O3. The first-order valence-electron chi connectivity index (χ1n) is 12.0. The molecule has 0 aromatic carbocycles. The number of hydrogen-bond acceptors (Lipinski definition) is 6. The number of aromatic nitrogens is 1. The van der Waals surface area contributed by atoms with E-state index < -0.39 is 5.91 Å². The lowest BCUT2D eigenvalue weighted by molar-refractivity contribution is -0.152. The van der Waals surface area contributed by atoms with Crippen molar-refractivity contribution in [1.82, 2.24) is 14.8 Å². The van der Waals surface area contributed by atoms with Crippen LogP contribution in [-0.4, -0.2) is 65.9 Å². The molecule has 0 radical (unpaired) electrons. The number of nitrogens with zero attached hydrogens (tertiary/aromatic N) is 5. The second-order valence-corrected chi connectivity index (χ2v) is 9.04. The van der Waals surface area contributed by atoms with E-state index in [0.29, 0.717) is 50.6 Å². The Balaban J connectivity index is 1.37. The van der Waals surface area contributed by atoms with Gasteiger partial charge in [-0.2, -0.15) is 5.26 Å². The van der Waals surface area contributed by atoms with Gasteiger partial charge in [0.05, 0.1) is 11.8 Å². The number of carbonyl (C=O) groups is 2. The summed E-state index contributed by atoms with van der Waals surface area (Å²) < 4.78 is 5.68. The Morgan fingerprint density at radius 3 is 2.18 bits per heavy atom. The molecule has 2 aromatic rings. The number of anilines is 1. The van der Waals surface area contributed by atoms with Crippen molar-refractivity contribution in [3.8, 4) is 17.5 Å². The molecule has 0 spiro atoms. The number of carbonyl (C=O) groups excluding carboxylic acids is 2. The molecular weight excluding hydrogens is 418 g/mol. The van der Waals surface area contributed by atoms with E-state index in [-0.39, 0.29) is 5.91 Å². The van der Waals surface area contributed by atoms with Gasteiger partial charge in [-0.05, 0) is 68.2 Å². The Morgan fingerprint density at radius 1 is 0.879 bits per heavy atom. The lowest BCUT2D eigenvalue weighted by Crippen LogP contribution is -2.54. The van der Waals surface area contributed by atoms with Crippen LogP contribution in [0.4, 0.5) is 5.82 Å². The van der Waals surface area contributed by atoms with Gasteiger partial charge in [0.2, 0.25) is 0 Å². The first-order chi connectivity index (χ1) is 16.2. The highest BCUT2D eigenvalue weighted by atomic mass is 16.3. The molecule has 1 aliphatic carbocycles. The third kappa shape index (κ3) is 4.08. The van der Waals surface area contributed by atoms with Crippen molar-refractivity contribution in [3.63, 3.8) is 0 Å². The van der Waals surface area contributed by atoms with Gasteiger partial charge in [-0.3, -0.25) is 9.59 Å². The van der Waals surface area contributed by atoms with Crippen LogP contribution >= 0.6 is 0 Å². The molecule has 2 amide bonds. The zero-order chi connectivity index (χ0) is 22.8. The Bertz CT molecular complexity index is 1070. The molecule has 0 N–H and O–H groups in total. The van der Waals surface area contributed by atoms with E-state index in [0.717, 1.165) is 67.5 Å². The summed E-state index contributed by atoms with van der Waals surface area (Å²) in [6, 6.07) is 6.18. The van der Waals surface area contributed by atoms with Crippen LogP contribution in [0.25, 0.3) is 11.5 Å². The smallest absolute Gasteiger partial charge is 0.312 e. The van der Waals surface area contributed by atoms with Crippen molar-refractivity contribution in [2.75, 3.05) is 44.2 Å². The van der Waals surface area contributed by atoms with Crippen molar-refractivity contribution in [3.05, 3.63) is 35.1 Å². The van der Waals surface area contributed by atoms with E-state index >= 15 is 0 Å². The fourth-order valence-corrected chi connectivity index (χ4v) is 5.26. The van der Waals surface area contributed by atoms with Gasteiger partial charge in [-0.15, -0.1) is 0 Å². The minimum absolute atomic E-state index is 0.382. The quantitative estimate of drug-likeness (QED) is 0.657. The highest BCUT2D eigenvalue weighted by molar-refractivity contribution is 6.34. The number of likely N-dealkylation sites (tertiary alicyclic amines) is 1. The second kappa shape index (κ2) is 9.26. The number of piperazine rings is 1. The number of hydrogen-bond donors (Lipinski definition) is 0. The largest absolute Gasteiger partial charge is 0.463 e. The van der Waals surface area contributed by atoms with Gasteiger partial charge < -0.3 is 19.1 Å². The maximum Gasteiger partial charge on any atom is 0.312 e. The summed E-state index contributed by atoms with van der Waals surface area (Å²) in [4.78, 5) is 35.8. The van der Waals surface area contributed by atoms with Crippen LogP contribution in [0.5, 0.6) is 0 Å². The van der Waals surface area contributed by atoms with Gasteiger partial charge in [-0.25, -0.2) is 4.98 Å². The van der Waals surface area contributed by atoms with Crippen LogP contribution in [0.15, 0.2) is 22.8 Å². The monoisotopic (exact) mass is 447 g/mol. The van der Waals surface area contributed by atoms with E-state index in [1.54, 1.807) is 16.1 Å². The average molecular weight is 448 g/mol. The van der Waals surface area contributed by atoms with Crippen LogP contribution in [-0.2, 0) is 22.4 Å². The molecule has 172 valence electrons. The number of furan rings is 1. The predicted molar refractivity (Wildman–Crippen MR) is 123 cm³/mol. The topological polar surface area (TPSA) is 93.7 Å². The molecule has 2 saturated heterocycles. The molecule has 5 rings (SSSR count). The van der Waals surface area contributed by atoms with Crippen LogP contribution < -0.4 is 4.90 Å². The standard InChI is InChI=1S/C25H29N5O3/c26-17-20-18-7-2-3-8-19(18)22(21-9-6-16-33-21)27-23(20)28-12-14-30(15-13-28)25(32)24(31)29-10-4-1-5-11-29/h6,9,16H,1-5,7-8,10-15H2. The maximum atomic E-state index is 12.8. The Labute approximate surface area is 193 Å². The van der Waals surface area contributed by atoms with Gasteiger partial charge in [0.1, 0.15) is 17.6 Å². The number of amides is 2. The number of nitriles is 1. The van der Waals surface area contributed by atoms with Crippen molar-refractivity contribution in [1.29, 1.82) is 5.26 Å². The van der Waals surface area contributed by atoms with E-state index in [4.69, 9.17) is 9.40 Å². The van der Waals surface area contributed by atoms with Gasteiger partial charge in [0.15, 0.2) is 5.76 Å². The number of rotatable bonds is 2. The fraction of sp³-hybridized carbons (Fsp3) is 0.520. The average Bonchev–Trinajstić information content (AvgIpc) is 3.42. The molecule has 0 unspecified atom stereocenters. The summed E-state index contributed by atoms with van der Waals surface area (Å²) in [5, 5.41) is 10.0. The zero-order valence-electron chi connectivity index (χ0n) is 18.9.